The number of nitro groups is 1. The van der Waals surface area contributed by atoms with Crippen molar-refractivity contribution in [1.29, 1.82) is 0 Å². The van der Waals surface area contributed by atoms with Crippen molar-refractivity contribution < 1.29 is 24.4 Å². The van der Waals surface area contributed by atoms with E-state index in [9.17, 15) is 24.8 Å². The van der Waals surface area contributed by atoms with E-state index < -0.39 is 34.2 Å². The number of nitro benzene ring substituents is 1. The summed E-state index contributed by atoms with van der Waals surface area (Å²) < 4.78 is 4.79. The third-order valence-corrected chi connectivity index (χ3v) is 4.12. The molecule has 2 aromatic rings. The molecule has 1 N–H and O–H groups in total. The standard InChI is InChI=1S/C17H14N2O6/c1-25-17(22)12-9-18(13-5-3-2-4-11(12)13)16(21)10-6-7-14(19(23)24)15(20)8-10/h2-8,12,20H,9H2,1H3/t12-/m0/s1. The second kappa shape index (κ2) is 6.23. The lowest BCUT2D eigenvalue weighted by Gasteiger charge is -2.17. The molecule has 0 aliphatic carbocycles. The maximum absolute atomic E-state index is 12.8. The molecule has 8 heteroatoms. The Morgan fingerprint density at radius 2 is 2.00 bits per heavy atom. The van der Waals surface area contributed by atoms with Gasteiger partial charge in [-0.3, -0.25) is 19.7 Å². The Hall–Kier alpha value is -3.42. The molecule has 0 aromatic heterocycles. The average molecular weight is 342 g/mol. The van der Waals surface area contributed by atoms with Gasteiger partial charge in [-0.05, 0) is 23.8 Å². The molecule has 0 saturated carbocycles. The van der Waals surface area contributed by atoms with Crippen LogP contribution in [-0.4, -0.2) is 35.6 Å². The van der Waals surface area contributed by atoms with E-state index in [4.69, 9.17) is 4.74 Å². The summed E-state index contributed by atoms with van der Waals surface area (Å²) in [5.41, 5.74) is 0.851. The maximum atomic E-state index is 12.8. The Kier molecular flexibility index (Phi) is 4.10. The van der Waals surface area contributed by atoms with E-state index >= 15 is 0 Å². The minimum Gasteiger partial charge on any atom is -0.502 e. The number of carbonyl (C=O) groups excluding carboxylic acids is 2. The number of amides is 1. The van der Waals surface area contributed by atoms with E-state index in [0.29, 0.717) is 11.3 Å². The maximum Gasteiger partial charge on any atom is 0.315 e. The number of rotatable bonds is 3. The number of ether oxygens (including phenoxy) is 1. The van der Waals surface area contributed by atoms with Crippen LogP contribution in [0.25, 0.3) is 0 Å². The van der Waals surface area contributed by atoms with Gasteiger partial charge in [0.15, 0.2) is 5.75 Å². The Balaban J connectivity index is 1.97. The molecule has 0 unspecified atom stereocenters. The van der Waals surface area contributed by atoms with E-state index in [1.54, 1.807) is 24.3 Å². The van der Waals surface area contributed by atoms with E-state index in [2.05, 4.69) is 0 Å². The molecule has 3 rings (SSSR count). The molecule has 0 saturated heterocycles. The van der Waals surface area contributed by atoms with Crippen molar-refractivity contribution in [1.82, 2.24) is 0 Å². The van der Waals surface area contributed by atoms with Gasteiger partial charge in [0.25, 0.3) is 5.91 Å². The normalized spacial score (nSPS) is 15.6. The van der Waals surface area contributed by atoms with Gasteiger partial charge in [-0.1, -0.05) is 18.2 Å². The van der Waals surface area contributed by atoms with Crippen LogP contribution in [0.5, 0.6) is 5.75 Å². The first-order valence-corrected chi connectivity index (χ1v) is 7.40. The Morgan fingerprint density at radius 1 is 1.28 bits per heavy atom. The van der Waals surface area contributed by atoms with Gasteiger partial charge in [-0.15, -0.1) is 0 Å². The minimum absolute atomic E-state index is 0.0865. The number of esters is 1. The van der Waals surface area contributed by atoms with Crippen molar-refractivity contribution in [2.75, 3.05) is 18.6 Å². The highest BCUT2D eigenvalue weighted by Crippen LogP contribution is 2.38. The van der Waals surface area contributed by atoms with Crippen LogP contribution < -0.4 is 4.90 Å². The molecule has 0 bridgehead atoms. The van der Waals surface area contributed by atoms with Crippen molar-refractivity contribution >= 4 is 23.3 Å². The first-order chi connectivity index (χ1) is 11.9. The van der Waals surface area contributed by atoms with Crippen molar-refractivity contribution in [2.24, 2.45) is 0 Å². The Labute approximate surface area is 142 Å². The number of anilines is 1. The molecule has 1 amide bonds. The van der Waals surface area contributed by atoms with Crippen LogP contribution in [0.3, 0.4) is 0 Å². The number of phenolic OH excluding ortho intramolecular Hbond substituents is 1. The summed E-state index contributed by atoms with van der Waals surface area (Å²) in [6.07, 6.45) is 0. The first-order valence-electron chi connectivity index (χ1n) is 7.40. The Bertz CT molecular complexity index is 879. The monoisotopic (exact) mass is 342 g/mol. The molecule has 1 aliphatic rings. The van der Waals surface area contributed by atoms with Crippen LogP contribution in [0.2, 0.25) is 0 Å². The fraction of sp³-hybridized carbons (Fsp3) is 0.176. The van der Waals surface area contributed by atoms with Crippen LogP contribution in [-0.2, 0) is 9.53 Å². The summed E-state index contributed by atoms with van der Waals surface area (Å²) in [5.74, 6) is -2.11. The van der Waals surface area contributed by atoms with Crippen molar-refractivity contribution in [2.45, 2.75) is 5.92 Å². The van der Waals surface area contributed by atoms with Gasteiger partial charge >= 0.3 is 11.7 Å². The van der Waals surface area contributed by atoms with Gasteiger partial charge < -0.3 is 14.7 Å². The fourth-order valence-corrected chi connectivity index (χ4v) is 2.91. The highest BCUT2D eigenvalue weighted by Gasteiger charge is 2.37. The van der Waals surface area contributed by atoms with Gasteiger partial charge in [0, 0.05) is 23.9 Å². The molecular formula is C17H14N2O6. The number of fused-ring (bicyclic) bond motifs is 1. The molecule has 1 heterocycles. The number of aromatic hydroxyl groups is 1. The minimum atomic E-state index is -0.734. The van der Waals surface area contributed by atoms with Gasteiger partial charge in [0.1, 0.15) is 5.92 Å². The predicted molar refractivity (Wildman–Crippen MR) is 87.6 cm³/mol. The Morgan fingerprint density at radius 3 is 2.64 bits per heavy atom. The molecule has 1 atom stereocenters. The molecule has 1 aliphatic heterocycles. The fourth-order valence-electron chi connectivity index (χ4n) is 2.91. The first kappa shape index (κ1) is 16.4. The molecule has 2 aromatic carbocycles. The second-order valence-electron chi connectivity index (χ2n) is 5.51. The van der Waals surface area contributed by atoms with Gasteiger partial charge in [0.05, 0.1) is 12.0 Å². The number of methoxy groups -OCH3 is 1. The van der Waals surface area contributed by atoms with Crippen molar-refractivity contribution in [3.8, 4) is 5.75 Å². The highest BCUT2D eigenvalue weighted by atomic mass is 16.6. The summed E-state index contributed by atoms with van der Waals surface area (Å²) in [6, 6.07) is 10.4. The number of phenols is 1. The van der Waals surface area contributed by atoms with E-state index in [0.717, 1.165) is 12.1 Å². The number of carbonyl (C=O) groups is 2. The largest absolute Gasteiger partial charge is 0.502 e. The van der Waals surface area contributed by atoms with Gasteiger partial charge in [-0.25, -0.2) is 0 Å². The number of nitrogens with zero attached hydrogens (tertiary/aromatic N) is 2. The van der Waals surface area contributed by atoms with Crippen LogP contribution in [0, 0.1) is 10.1 Å². The topological polar surface area (TPSA) is 110 Å². The molecule has 25 heavy (non-hydrogen) atoms. The van der Waals surface area contributed by atoms with Crippen molar-refractivity contribution in [3.63, 3.8) is 0 Å². The van der Waals surface area contributed by atoms with Crippen LogP contribution in [0.1, 0.15) is 21.8 Å². The lowest BCUT2D eigenvalue weighted by Crippen LogP contribution is -2.31. The summed E-state index contributed by atoms with van der Waals surface area (Å²) >= 11 is 0. The molecular weight excluding hydrogens is 328 g/mol. The third kappa shape index (κ3) is 2.78. The van der Waals surface area contributed by atoms with Crippen LogP contribution in [0.4, 0.5) is 11.4 Å². The lowest BCUT2D eigenvalue weighted by molar-refractivity contribution is -0.385. The zero-order valence-corrected chi connectivity index (χ0v) is 13.2. The van der Waals surface area contributed by atoms with E-state index in [-0.39, 0.29) is 12.1 Å². The summed E-state index contributed by atoms with van der Waals surface area (Å²) in [4.78, 5) is 36.2. The van der Waals surface area contributed by atoms with Crippen LogP contribution >= 0.6 is 0 Å². The number of hydrogen-bond donors (Lipinski definition) is 1. The van der Waals surface area contributed by atoms with Crippen LogP contribution in [0.15, 0.2) is 42.5 Å². The summed E-state index contributed by atoms with van der Waals surface area (Å²) in [5, 5.41) is 20.5. The zero-order valence-electron chi connectivity index (χ0n) is 13.2. The third-order valence-electron chi connectivity index (χ3n) is 4.12. The average Bonchev–Trinajstić information content (AvgIpc) is 2.99. The van der Waals surface area contributed by atoms with Gasteiger partial charge in [-0.2, -0.15) is 0 Å². The molecule has 0 radical (unpaired) electrons. The quantitative estimate of drug-likeness (QED) is 0.520. The zero-order chi connectivity index (χ0) is 18.1. The molecule has 0 fully saturated rings. The second-order valence-corrected chi connectivity index (χ2v) is 5.51. The smallest absolute Gasteiger partial charge is 0.315 e. The number of para-hydroxylation sites is 1. The molecule has 0 spiro atoms. The summed E-state index contributed by atoms with van der Waals surface area (Å²) in [7, 11) is 1.28. The highest BCUT2D eigenvalue weighted by molar-refractivity contribution is 6.09. The number of benzene rings is 2. The van der Waals surface area contributed by atoms with Gasteiger partial charge in [0.2, 0.25) is 0 Å². The van der Waals surface area contributed by atoms with E-state index in [1.807, 2.05) is 0 Å². The number of hydrogen-bond acceptors (Lipinski definition) is 6. The lowest BCUT2D eigenvalue weighted by atomic mass is 10.0. The SMILES string of the molecule is COC(=O)[C@H]1CN(C(=O)c2ccc([N+](=O)[O-])c(O)c2)c2ccccc21. The van der Waals surface area contributed by atoms with E-state index in [1.165, 1.54) is 18.1 Å². The molecule has 128 valence electrons. The van der Waals surface area contributed by atoms with Crippen molar-refractivity contribution in [3.05, 3.63) is 63.7 Å². The summed E-state index contributed by atoms with van der Waals surface area (Å²) in [6.45, 7) is 0.0998. The molecule has 8 nitrogen and oxygen atoms in total. The predicted octanol–water partition coefficient (Wildman–Crippen LogP) is 2.22.